The number of nitrogens with one attached hydrogen (secondary N) is 1. The van der Waals surface area contributed by atoms with Crippen molar-refractivity contribution < 1.29 is 14.4 Å². The van der Waals surface area contributed by atoms with Gasteiger partial charge in [-0.2, -0.15) is 5.01 Å². The molecule has 122 valence electrons. The molecule has 1 N–H and O–H groups in total. The van der Waals surface area contributed by atoms with E-state index in [2.05, 4.69) is 33.5 Å². The monoisotopic (exact) mass is 386 g/mol. The normalized spacial score (nSPS) is 34.1. The van der Waals surface area contributed by atoms with Gasteiger partial charge in [-0.15, -0.1) is 0 Å². The summed E-state index contributed by atoms with van der Waals surface area (Å²) in [4.78, 5) is 37.9. The number of halogens is 1. The molecule has 1 aliphatic heterocycles. The van der Waals surface area contributed by atoms with Gasteiger partial charge >= 0.3 is 0 Å². The zero-order chi connectivity index (χ0) is 16.6. The summed E-state index contributed by atoms with van der Waals surface area (Å²) in [7, 11) is 0. The summed E-state index contributed by atoms with van der Waals surface area (Å²) in [6.07, 6.45) is 6.44. The van der Waals surface area contributed by atoms with Crippen LogP contribution < -0.4 is 5.43 Å². The molecule has 5 nitrogen and oxygen atoms in total. The number of benzene rings is 1. The summed E-state index contributed by atoms with van der Waals surface area (Å²) in [6, 6.07) is 6.79. The Morgan fingerprint density at radius 2 is 1.58 bits per heavy atom. The Balaban J connectivity index is 1.39. The van der Waals surface area contributed by atoms with Gasteiger partial charge in [-0.05, 0) is 54.4 Å². The third kappa shape index (κ3) is 1.67. The lowest BCUT2D eigenvalue weighted by molar-refractivity contribution is -0.144. The number of hydrogen-bond acceptors (Lipinski definition) is 3. The molecular weight excluding hydrogens is 372 g/mol. The average Bonchev–Trinajstić information content (AvgIpc) is 3.18. The van der Waals surface area contributed by atoms with Gasteiger partial charge in [-0.1, -0.05) is 28.1 Å². The first kappa shape index (κ1) is 14.4. The highest BCUT2D eigenvalue weighted by Crippen LogP contribution is 2.73. The van der Waals surface area contributed by atoms with Crippen molar-refractivity contribution in [2.75, 3.05) is 0 Å². The molecule has 6 heteroatoms. The molecule has 3 aliphatic carbocycles. The number of allylic oxidation sites excluding steroid dienone is 2. The Morgan fingerprint density at radius 3 is 2.08 bits per heavy atom. The molecular formula is C18H15BrN2O3. The van der Waals surface area contributed by atoms with Crippen LogP contribution in [0.3, 0.4) is 0 Å². The number of amides is 3. The molecule has 1 aromatic rings. The standard InChI is InChI=1S/C18H15BrN2O3/c19-10-3-1-9(2-4-10)15(22)20-21-16(23)13-11-5-6-12(14(13)17(21)24)18(11)7-8-18/h1-6,11-14H,7-8H2,(H,20,22)/t11?,12?,13-,14?/m0/s1. The molecule has 2 bridgehead atoms. The van der Waals surface area contributed by atoms with Crippen molar-refractivity contribution in [2.24, 2.45) is 29.1 Å². The maximum atomic E-state index is 12.8. The number of hydrazine groups is 1. The highest BCUT2D eigenvalue weighted by molar-refractivity contribution is 9.10. The SMILES string of the molecule is O=C(NN1C(=O)C2C3C=CC([C@@H]2C1=O)C31CC1)c1ccc(Br)cc1. The Labute approximate surface area is 147 Å². The molecule has 4 atom stereocenters. The topological polar surface area (TPSA) is 66.5 Å². The quantitative estimate of drug-likeness (QED) is 0.626. The lowest BCUT2D eigenvalue weighted by Gasteiger charge is -2.22. The Hall–Kier alpha value is -1.95. The first-order chi connectivity index (χ1) is 11.5. The van der Waals surface area contributed by atoms with E-state index in [9.17, 15) is 14.4 Å². The number of rotatable bonds is 2. The molecule has 3 unspecified atom stereocenters. The summed E-state index contributed by atoms with van der Waals surface area (Å²) in [5.74, 6) is -1.19. The third-order valence-electron chi connectivity index (χ3n) is 6.17. The largest absolute Gasteiger partial charge is 0.272 e. The van der Waals surface area contributed by atoms with E-state index in [-0.39, 0.29) is 40.9 Å². The third-order valence-corrected chi connectivity index (χ3v) is 6.70. The zero-order valence-corrected chi connectivity index (χ0v) is 14.3. The van der Waals surface area contributed by atoms with Crippen molar-refractivity contribution >= 4 is 33.7 Å². The summed E-state index contributed by atoms with van der Waals surface area (Å²) in [5, 5.41) is 0.960. The molecule has 24 heavy (non-hydrogen) atoms. The predicted molar refractivity (Wildman–Crippen MR) is 88.2 cm³/mol. The van der Waals surface area contributed by atoms with Crippen LogP contribution in [0.15, 0.2) is 40.9 Å². The van der Waals surface area contributed by atoms with Gasteiger partial charge < -0.3 is 0 Å². The molecule has 0 radical (unpaired) electrons. The van der Waals surface area contributed by atoms with Crippen molar-refractivity contribution in [3.05, 3.63) is 46.5 Å². The van der Waals surface area contributed by atoms with E-state index in [1.807, 2.05) is 0 Å². The number of nitrogens with zero attached hydrogens (tertiary/aromatic N) is 1. The lowest BCUT2D eigenvalue weighted by atomic mass is 9.85. The zero-order valence-electron chi connectivity index (χ0n) is 12.7. The molecule has 3 fully saturated rings. The number of fused-ring (bicyclic) bond motifs is 3. The summed E-state index contributed by atoms with van der Waals surface area (Å²) in [5.41, 5.74) is 3.09. The van der Waals surface area contributed by atoms with Gasteiger partial charge in [0.25, 0.3) is 17.7 Å². The molecule has 1 spiro atoms. The van der Waals surface area contributed by atoms with E-state index in [1.54, 1.807) is 24.3 Å². The number of imide groups is 1. The van der Waals surface area contributed by atoms with Gasteiger partial charge in [0.15, 0.2) is 0 Å². The van der Waals surface area contributed by atoms with Crippen LogP contribution in [0.4, 0.5) is 0 Å². The van der Waals surface area contributed by atoms with Crippen molar-refractivity contribution in [3.8, 4) is 0 Å². The molecule has 2 saturated carbocycles. The molecule has 3 amide bonds. The summed E-state index contributed by atoms with van der Waals surface area (Å²) >= 11 is 3.31. The summed E-state index contributed by atoms with van der Waals surface area (Å²) in [6.45, 7) is 0. The van der Waals surface area contributed by atoms with Crippen molar-refractivity contribution in [2.45, 2.75) is 12.8 Å². The second kappa shape index (κ2) is 4.57. The second-order valence-corrected chi connectivity index (χ2v) is 8.10. The van der Waals surface area contributed by atoms with E-state index in [0.29, 0.717) is 5.56 Å². The van der Waals surface area contributed by atoms with E-state index >= 15 is 0 Å². The highest BCUT2D eigenvalue weighted by Gasteiger charge is 2.73. The number of carbonyl (C=O) groups excluding carboxylic acids is 3. The van der Waals surface area contributed by atoms with Crippen LogP contribution in [0.25, 0.3) is 0 Å². The molecule has 1 saturated heterocycles. The highest BCUT2D eigenvalue weighted by atomic mass is 79.9. The minimum Gasteiger partial charge on any atom is -0.272 e. The maximum Gasteiger partial charge on any atom is 0.270 e. The van der Waals surface area contributed by atoms with Crippen LogP contribution in [0.1, 0.15) is 23.2 Å². The molecule has 4 aliphatic rings. The number of hydrogen-bond donors (Lipinski definition) is 1. The van der Waals surface area contributed by atoms with E-state index in [1.165, 1.54) is 0 Å². The fourth-order valence-corrected chi connectivity index (χ4v) is 5.22. The van der Waals surface area contributed by atoms with Gasteiger partial charge in [-0.3, -0.25) is 19.8 Å². The van der Waals surface area contributed by atoms with Crippen LogP contribution in [-0.2, 0) is 9.59 Å². The van der Waals surface area contributed by atoms with Crippen LogP contribution in [-0.4, -0.2) is 22.7 Å². The first-order valence-electron chi connectivity index (χ1n) is 8.16. The van der Waals surface area contributed by atoms with Crippen LogP contribution in [0.5, 0.6) is 0 Å². The van der Waals surface area contributed by atoms with Crippen molar-refractivity contribution in [3.63, 3.8) is 0 Å². The van der Waals surface area contributed by atoms with E-state index < -0.39 is 5.91 Å². The Morgan fingerprint density at radius 1 is 1.04 bits per heavy atom. The van der Waals surface area contributed by atoms with Gasteiger partial charge in [0, 0.05) is 10.0 Å². The first-order valence-corrected chi connectivity index (χ1v) is 8.95. The fourth-order valence-electron chi connectivity index (χ4n) is 4.96. The molecule has 0 aromatic heterocycles. The van der Waals surface area contributed by atoms with Crippen molar-refractivity contribution in [1.82, 2.24) is 10.4 Å². The lowest BCUT2D eigenvalue weighted by Crippen LogP contribution is -2.47. The average molecular weight is 387 g/mol. The minimum atomic E-state index is -0.439. The Bertz CT molecular complexity index is 778. The van der Waals surface area contributed by atoms with Crippen LogP contribution in [0, 0.1) is 29.1 Å². The van der Waals surface area contributed by atoms with Gasteiger partial charge in [0.2, 0.25) is 0 Å². The minimum absolute atomic E-state index is 0.165. The molecule has 5 rings (SSSR count). The van der Waals surface area contributed by atoms with Crippen LogP contribution in [0.2, 0.25) is 0 Å². The van der Waals surface area contributed by atoms with Crippen molar-refractivity contribution in [1.29, 1.82) is 0 Å². The van der Waals surface area contributed by atoms with Gasteiger partial charge in [0.05, 0.1) is 11.8 Å². The molecule has 1 aromatic carbocycles. The Kier molecular flexibility index (Phi) is 2.74. The smallest absolute Gasteiger partial charge is 0.270 e. The number of carbonyl (C=O) groups is 3. The van der Waals surface area contributed by atoms with Crippen LogP contribution >= 0.6 is 15.9 Å². The van der Waals surface area contributed by atoms with E-state index in [0.717, 1.165) is 22.3 Å². The summed E-state index contributed by atoms with van der Waals surface area (Å²) < 4.78 is 0.860. The second-order valence-electron chi connectivity index (χ2n) is 7.18. The molecule has 1 heterocycles. The maximum absolute atomic E-state index is 12.8. The van der Waals surface area contributed by atoms with E-state index in [4.69, 9.17) is 0 Å². The van der Waals surface area contributed by atoms with Gasteiger partial charge in [-0.25, -0.2) is 0 Å². The predicted octanol–water partition coefficient (Wildman–Crippen LogP) is 2.29. The van der Waals surface area contributed by atoms with Gasteiger partial charge in [0.1, 0.15) is 0 Å². The fraction of sp³-hybridized carbons (Fsp3) is 0.389.